The molecule has 62 valence electrons. The van der Waals surface area contributed by atoms with E-state index in [1.807, 2.05) is 0 Å². The zero-order valence-electron chi connectivity index (χ0n) is 6.69. The molecule has 0 heterocycles. The number of nitrogens with zero attached hydrogens (tertiary/aromatic N) is 1. The number of phenols is 1. The largest absolute Gasteiger partial charge is 0.507 e. The highest BCUT2D eigenvalue weighted by molar-refractivity contribution is 5.89. The van der Waals surface area contributed by atoms with Gasteiger partial charge in [-0.1, -0.05) is 6.07 Å². The Balaban J connectivity index is 3.22. The maximum atomic E-state index is 10.4. The molecule has 12 heavy (non-hydrogen) atoms. The number of aldehydes is 1. The SMILES string of the molecule is CN=Cc1cccc(C=O)c1O. The van der Waals surface area contributed by atoms with Crippen molar-refractivity contribution in [2.24, 2.45) is 4.99 Å². The highest BCUT2D eigenvalue weighted by Crippen LogP contribution is 2.18. The maximum Gasteiger partial charge on any atom is 0.153 e. The molecule has 3 heteroatoms. The molecule has 0 amide bonds. The maximum absolute atomic E-state index is 10.4. The van der Waals surface area contributed by atoms with Crippen molar-refractivity contribution in [1.82, 2.24) is 0 Å². The van der Waals surface area contributed by atoms with Crippen molar-refractivity contribution >= 4 is 12.5 Å². The van der Waals surface area contributed by atoms with Gasteiger partial charge >= 0.3 is 0 Å². The van der Waals surface area contributed by atoms with Crippen LogP contribution in [0.4, 0.5) is 0 Å². The highest BCUT2D eigenvalue weighted by atomic mass is 16.3. The fraction of sp³-hybridized carbons (Fsp3) is 0.111. The van der Waals surface area contributed by atoms with Gasteiger partial charge in [-0.2, -0.15) is 0 Å². The Morgan fingerprint density at radius 3 is 2.67 bits per heavy atom. The number of hydrogen-bond acceptors (Lipinski definition) is 3. The van der Waals surface area contributed by atoms with Gasteiger partial charge in [0.15, 0.2) is 6.29 Å². The van der Waals surface area contributed by atoms with Gasteiger partial charge in [0, 0.05) is 18.8 Å². The minimum Gasteiger partial charge on any atom is -0.507 e. The molecule has 0 radical (unpaired) electrons. The van der Waals surface area contributed by atoms with Crippen LogP contribution in [0.5, 0.6) is 5.75 Å². The van der Waals surface area contributed by atoms with Crippen LogP contribution in [0.1, 0.15) is 15.9 Å². The summed E-state index contributed by atoms with van der Waals surface area (Å²) in [6.45, 7) is 0. The fourth-order valence-electron chi connectivity index (χ4n) is 0.918. The van der Waals surface area contributed by atoms with Crippen LogP contribution in [-0.4, -0.2) is 24.7 Å². The zero-order valence-corrected chi connectivity index (χ0v) is 6.69. The summed E-state index contributed by atoms with van der Waals surface area (Å²) in [4.78, 5) is 14.1. The predicted molar refractivity (Wildman–Crippen MR) is 47.0 cm³/mol. The molecule has 1 N–H and O–H groups in total. The third-order valence-corrected chi connectivity index (χ3v) is 1.49. The van der Waals surface area contributed by atoms with Crippen LogP contribution in [0, 0.1) is 0 Å². The van der Waals surface area contributed by atoms with Crippen molar-refractivity contribution in [3.05, 3.63) is 29.3 Å². The monoisotopic (exact) mass is 163 g/mol. The normalized spacial score (nSPS) is 10.4. The molecule has 0 aromatic heterocycles. The van der Waals surface area contributed by atoms with Crippen molar-refractivity contribution < 1.29 is 9.90 Å². The number of phenolic OH excluding ortho intramolecular Hbond substituents is 1. The molecule has 0 saturated heterocycles. The lowest BCUT2D eigenvalue weighted by molar-refractivity contribution is 0.112. The fourth-order valence-corrected chi connectivity index (χ4v) is 0.918. The second-order valence-corrected chi connectivity index (χ2v) is 2.29. The molecule has 0 aliphatic rings. The second kappa shape index (κ2) is 3.67. The van der Waals surface area contributed by atoms with Crippen LogP contribution in [0.2, 0.25) is 0 Å². The Kier molecular flexibility index (Phi) is 2.58. The minimum atomic E-state index is -0.0156. The molecule has 1 aromatic rings. The van der Waals surface area contributed by atoms with E-state index in [4.69, 9.17) is 0 Å². The van der Waals surface area contributed by atoms with E-state index < -0.39 is 0 Å². The Morgan fingerprint density at radius 2 is 2.08 bits per heavy atom. The third-order valence-electron chi connectivity index (χ3n) is 1.49. The average molecular weight is 163 g/mol. The standard InChI is InChI=1S/C9H9NO2/c1-10-5-7-3-2-4-8(6-11)9(7)12/h2-6,12H,1H3. The van der Waals surface area contributed by atoms with Crippen LogP contribution in [-0.2, 0) is 0 Å². The molecular weight excluding hydrogens is 154 g/mol. The number of rotatable bonds is 2. The summed E-state index contributed by atoms with van der Waals surface area (Å²) in [6, 6.07) is 4.94. The first-order valence-electron chi connectivity index (χ1n) is 3.49. The highest BCUT2D eigenvalue weighted by Gasteiger charge is 2.02. The minimum absolute atomic E-state index is 0.0156. The van der Waals surface area contributed by atoms with Gasteiger partial charge in [-0.25, -0.2) is 0 Å². The van der Waals surface area contributed by atoms with E-state index in [9.17, 15) is 9.90 Å². The van der Waals surface area contributed by atoms with Gasteiger partial charge in [0.05, 0.1) is 5.56 Å². The Morgan fingerprint density at radius 1 is 1.42 bits per heavy atom. The van der Waals surface area contributed by atoms with Gasteiger partial charge in [-0.15, -0.1) is 0 Å². The van der Waals surface area contributed by atoms with E-state index in [2.05, 4.69) is 4.99 Å². The van der Waals surface area contributed by atoms with E-state index in [0.29, 0.717) is 11.8 Å². The molecule has 0 fully saturated rings. The van der Waals surface area contributed by atoms with E-state index in [-0.39, 0.29) is 11.3 Å². The third kappa shape index (κ3) is 1.50. The lowest BCUT2D eigenvalue weighted by Crippen LogP contribution is -1.87. The van der Waals surface area contributed by atoms with Crippen molar-refractivity contribution in [3.63, 3.8) is 0 Å². The average Bonchev–Trinajstić information content (AvgIpc) is 2.09. The van der Waals surface area contributed by atoms with Gasteiger partial charge in [-0.05, 0) is 12.1 Å². The molecule has 0 atom stereocenters. The topological polar surface area (TPSA) is 49.7 Å². The smallest absolute Gasteiger partial charge is 0.153 e. The summed E-state index contributed by atoms with van der Waals surface area (Å²) in [5.41, 5.74) is 0.842. The summed E-state index contributed by atoms with van der Waals surface area (Å²) in [5, 5.41) is 9.40. The summed E-state index contributed by atoms with van der Waals surface area (Å²) in [7, 11) is 1.60. The van der Waals surface area contributed by atoms with Gasteiger partial charge in [-0.3, -0.25) is 9.79 Å². The Labute approximate surface area is 70.4 Å². The van der Waals surface area contributed by atoms with E-state index in [1.165, 1.54) is 6.21 Å². The number of carbonyl (C=O) groups is 1. The first kappa shape index (κ1) is 8.46. The lowest BCUT2D eigenvalue weighted by Gasteiger charge is -1.99. The number of aromatic hydroxyl groups is 1. The van der Waals surface area contributed by atoms with Gasteiger partial charge in [0.1, 0.15) is 5.75 Å². The van der Waals surface area contributed by atoms with Crippen molar-refractivity contribution in [2.45, 2.75) is 0 Å². The number of hydrogen-bond donors (Lipinski definition) is 1. The predicted octanol–water partition coefficient (Wildman–Crippen LogP) is 1.25. The Bertz CT molecular complexity index is 318. The van der Waals surface area contributed by atoms with Crippen molar-refractivity contribution in [1.29, 1.82) is 0 Å². The Hall–Kier alpha value is -1.64. The number of aliphatic imine (C=N–C) groups is 1. The van der Waals surface area contributed by atoms with Gasteiger partial charge < -0.3 is 5.11 Å². The van der Waals surface area contributed by atoms with Crippen LogP contribution < -0.4 is 0 Å². The van der Waals surface area contributed by atoms with Crippen LogP contribution >= 0.6 is 0 Å². The van der Waals surface area contributed by atoms with Crippen LogP contribution in [0.25, 0.3) is 0 Å². The summed E-state index contributed by atoms with van der Waals surface area (Å²) < 4.78 is 0. The second-order valence-electron chi connectivity index (χ2n) is 2.29. The lowest BCUT2D eigenvalue weighted by atomic mass is 10.1. The zero-order chi connectivity index (χ0) is 8.97. The molecule has 1 aromatic carbocycles. The molecule has 0 spiro atoms. The molecular formula is C9H9NO2. The summed E-state index contributed by atoms with van der Waals surface area (Å²) in [6.07, 6.45) is 2.12. The number of benzene rings is 1. The molecule has 0 saturated carbocycles. The van der Waals surface area contributed by atoms with Crippen molar-refractivity contribution in [3.8, 4) is 5.75 Å². The number of para-hydroxylation sites is 1. The van der Waals surface area contributed by atoms with E-state index >= 15 is 0 Å². The van der Waals surface area contributed by atoms with Crippen molar-refractivity contribution in [2.75, 3.05) is 7.05 Å². The van der Waals surface area contributed by atoms with E-state index in [1.54, 1.807) is 25.2 Å². The first-order chi connectivity index (χ1) is 5.79. The molecule has 0 bridgehead atoms. The molecule has 0 unspecified atom stereocenters. The molecule has 1 rings (SSSR count). The first-order valence-corrected chi connectivity index (χ1v) is 3.49. The quantitative estimate of drug-likeness (QED) is 0.527. The van der Waals surface area contributed by atoms with Crippen LogP contribution in [0.3, 0.4) is 0 Å². The molecule has 0 aliphatic heterocycles. The van der Waals surface area contributed by atoms with E-state index in [0.717, 1.165) is 0 Å². The van der Waals surface area contributed by atoms with Gasteiger partial charge in [0.25, 0.3) is 0 Å². The summed E-state index contributed by atoms with van der Waals surface area (Å²) in [5.74, 6) is -0.0156. The number of carbonyl (C=O) groups excluding carboxylic acids is 1. The molecule has 0 aliphatic carbocycles. The molecule has 3 nitrogen and oxygen atoms in total. The summed E-state index contributed by atoms with van der Waals surface area (Å²) >= 11 is 0. The van der Waals surface area contributed by atoms with Gasteiger partial charge in [0.2, 0.25) is 0 Å². The van der Waals surface area contributed by atoms with Crippen LogP contribution in [0.15, 0.2) is 23.2 Å².